The van der Waals surface area contributed by atoms with E-state index < -0.39 is 5.60 Å². The second kappa shape index (κ2) is 8.29. The number of carbonyl (C=O) groups is 1. The van der Waals surface area contributed by atoms with Gasteiger partial charge in [0.1, 0.15) is 17.1 Å². The number of nitriles is 1. The molecule has 3 N–H and O–H groups in total. The SMILES string of the molecule is C[C@H]1C[C@@H](Nc2c(-c3ncc(C(C)(C)O)s3)cnc3[nH]ccc23)CN(C(=O)CC#N)C1. The number of nitrogens with one attached hydrogen (secondary N) is 2. The second-order valence-electron chi connectivity index (χ2n) is 8.69. The van der Waals surface area contributed by atoms with Gasteiger partial charge in [-0.3, -0.25) is 4.79 Å². The van der Waals surface area contributed by atoms with Crippen LogP contribution in [0.4, 0.5) is 5.69 Å². The first-order valence-electron chi connectivity index (χ1n) is 10.3. The van der Waals surface area contributed by atoms with Crippen molar-refractivity contribution in [3.63, 3.8) is 0 Å². The summed E-state index contributed by atoms with van der Waals surface area (Å²) in [5, 5.41) is 24.6. The highest BCUT2D eigenvalue weighted by atomic mass is 32.1. The first-order chi connectivity index (χ1) is 14.8. The number of nitrogens with zero attached hydrogens (tertiary/aromatic N) is 4. The molecule has 0 unspecified atom stereocenters. The first-order valence-corrected chi connectivity index (χ1v) is 11.1. The van der Waals surface area contributed by atoms with Crippen LogP contribution in [0.3, 0.4) is 0 Å². The van der Waals surface area contributed by atoms with Crippen molar-refractivity contribution in [2.45, 2.75) is 45.3 Å². The Morgan fingerprint density at radius 1 is 1.42 bits per heavy atom. The number of hydrogen-bond donors (Lipinski definition) is 3. The van der Waals surface area contributed by atoms with E-state index in [0.29, 0.717) is 19.0 Å². The van der Waals surface area contributed by atoms with Crippen molar-refractivity contribution in [3.8, 4) is 16.6 Å². The fourth-order valence-electron chi connectivity index (χ4n) is 4.05. The fourth-order valence-corrected chi connectivity index (χ4v) is 4.98. The van der Waals surface area contributed by atoms with Crippen molar-refractivity contribution in [2.24, 2.45) is 5.92 Å². The zero-order chi connectivity index (χ0) is 22.2. The van der Waals surface area contributed by atoms with Gasteiger partial charge in [-0.1, -0.05) is 6.92 Å². The molecule has 4 heterocycles. The Balaban J connectivity index is 1.69. The molecule has 8 nitrogen and oxygen atoms in total. The van der Waals surface area contributed by atoms with Crippen molar-refractivity contribution < 1.29 is 9.90 Å². The van der Waals surface area contributed by atoms with Crippen LogP contribution in [-0.2, 0) is 10.4 Å². The van der Waals surface area contributed by atoms with Gasteiger partial charge in [-0.2, -0.15) is 5.26 Å². The summed E-state index contributed by atoms with van der Waals surface area (Å²) < 4.78 is 0. The molecule has 0 saturated carbocycles. The van der Waals surface area contributed by atoms with Crippen molar-refractivity contribution in [3.05, 3.63) is 29.5 Å². The number of piperidine rings is 1. The number of carbonyl (C=O) groups excluding carboxylic acids is 1. The first kappa shape index (κ1) is 21.3. The molecular formula is C22H26N6O2S. The number of rotatable bonds is 5. The summed E-state index contributed by atoms with van der Waals surface area (Å²) in [6, 6.07) is 3.98. The van der Waals surface area contributed by atoms with E-state index in [2.05, 4.69) is 27.2 Å². The highest BCUT2D eigenvalue weighted by molar-refractivity contribution is 7.15. The van der Waals surface area contributed by atoms with Crippen LogP contribution in [0.25, 0.3) is 21.6 Å². The van der Waals surface area contributed by atoms with E-state index >= 15 is 0 Å². The molecule has 0 aliphatic carbocycles. The largest absolute Gasteiger partial charge is 0.385 e. The normalized spacial score (nSPS) is 19.4. The molecule has 1 aliphatic rings. The third kappa shape index (κ3) is 4.40. The molecule has 0 radical (unpaired) electrons. The number of fused-ring (bicyclic) bond motifs is 1. The number of H-pyrrole nitrogens is 1. The predicted molar refractivity (Wildman–Crippen MR) is 120 cm³/mol. The maximum absolute atomic E-state index is 12.3. The molecule has 1 saturated heterocycles. The lowest BCUT2D eigenvalue weighted by atomic mass is 9.95. The number of aromatic nitrogens is 3. The molecule has 1 amide bonds. The third-order valence-corrected chi connectivity index (χ3v) is 6.86. The zero-order valence-electron chi connectivity index (χ0n) is 17.8. The number of likely N-dealkylation sites (tertiary alicyclic amines) is 1. The lowest BCUT2D eigenvalue weighted by Crippen LogP contribution is -2.48. The molecule has 0 bridgehead atoms. The van der Waals surface area contributed by atoms with E-state index in [1.165, 1.54) is 11.3 Å². The van der Waals surface area contributed by atoms with Gasteiger partial charge in [0.15, 0.2) is 0 Å². The molecule has 3 aromatic heterocycles. The molecule has 9 heteroatoms. The van der Waals surface area contributed by atoms with Crippen LogP contribution >= 0.6 is 11.3 Å². The summed E-state index contributed by atoms with van der Waals surface area (Å²) in [6.07, 6.45) is 6.16. The number of thiazole rings is 1. The Bertz CT molecular complexity index is 1140. The molecule has 2 atom stereocenters. The second-order valence-corrected chi connectivity index (χ2v) is 9.72. The van der Waals surface area contributed by atoms with E-state index in [4.69, 9.17) is 5.26 Å². The standard InChI is InChI=1S/C22H26N6O2S/c1-13-8-14(12-28(11-13)18(29)4-6-23)27-19-15-5-7-24-20(15)25-9-16(19)21-26-10-17(31-21)22(2,3)30/h5,7,9-10,13-14,30H,4,8,11-12H2,1-3H3,(H2,24,25,27)/t13-,14+/m0/s1. The van der Waals surface area contributed by atoms with E-state index in [1.807, 2.05) is 18.3 Å². The molecule has 162 valence electrons. The van der Waals surface area contributed by atoms with Crippen LogP contribution in [0.1, 0.15) is 38.5 Å². The summed E-state index contributed by atoms with van der Waals surface area (Å²) in [4.78, 5) is 27.1. The lowest BCUT2D eigenvalue weighted by Gasteiger charge is -2.37. The van der Waals surface area contributed by atoms with Crippen LogP contribution < -0.4 is 5.32 Å². The van der Waals surface area contributed by atoms with Gasteiger partial charge >= 0.3 is 0 Å². The van der Waals surface area contributed by atoms with Gasteiger partial charge in [-0.05, 0) is 32.3 Å². The van der Waals surface area contributed by atoms with E-state index in [0.717, 1.165) is 38.6 Å². The number of pyridine rings is 1. The predicted octanol–water partition coefficient (Wildman–Crippen LogP) is 3.48. The molecular weight excluding hydrogens is 412 g/mol. The maximum Gasteiger partial charge on any atom is 0.236 e. The van der Waals surface area contributed by atoms with E-state index in [-0.39, 0.29) is 18.4 Å². The summed E-state index contributed by atoms with van der Waals surface area (Å²) in [6.45, 7) is 6.82. The zero-order valence-corrected chi connectivity index (χ0v) is 18.7. The molecule has 4 rings (SSSR count). The molecule has 31 heavy (non-hydrogen) atoms. The van der Waals surface area contributed by atoms with Crippen LogP contribution in [0.5, 0.6) is 0 Å². The Hall–Kier alpha value is -2.96. The smallest absolute Gasteiger partial charge is 0.236 e. The van der Waals surface area contributed by atoms with Crippen LogP contribution in [0, 0.1) is 17.2 Å². The minimum Gasteiger partial charge on any atom is -0.385 e. The van der Waals surface area contributed by atoms with Crippen LogP contribution in [0.15, 0.2) is 24.7 Å². The van der Waals surface area contributed by atoms with Crippen LogP contribution in [-0.4, -0.2) is 50.0 Å². The van der Waals surface area contributed by atoms with E-state index in [1.54, 1.807) is 31.1 Å². The van der Waals surface area contributed by atoms with Gasteiger partial charge < -0.3 is 20.3 Å². The lowest BCUT2D eigenvalue weighted by molar-refractivity contribution is -0.132. The Morgan fingerprint density at radius 3 is 2.94 bits per heavy atom. The summed E-state index contributed by atoms with van der Waals surface area (Å²) in [7, 11) is 0. The topological polar surface area (TPSA) is 118 Å². The Labute approximate surface area is 184 Å². The monoisotopic (exact) mass is 438 g/mol. The minimum absolute atomic E-state index is 0.0411. The molecule has 3 aromatic rings. The van der Waals surface area contributed by atoms with Gasteiger partial charge in [-0.15, -0.1) is 11.3 Å². The molecule has 0 spiro atoms. The van der Waals surface area contributed by atoms with Crippen LogP contribution in [0.2, 0.25) is 0 Å². The summed E-state index contributed by atoms with van der Waals surface area (Å²) in [5.41, 5.74) is 1.58. The van der Waals surface area contributed by atoms with Gasteiger partial charge in [0, 0.05) is 43.1 Å². The van der Waals surface area contributed by atoms with Gasteiger partial charge in [0.05, 0.1) is 27.8 Å². The summed E-state index contributed by atoms with van der Waals surface area (Å²) >= 11 is 1.44. The van der Waals surface area contributed by atoms with Gasteiger partial charge in [0.25, 0.3) is 0 Å². The maximum atomic E-state index is 12.3. The van der Waals surface area contributed by atoms with Crippen molar-refractivity contribution >= 4 is 34.0 Å². The molecule has 1 fully saturated rings. The highest BCUT2D eigenvalue weighted by Crippen LogP contribution is 2.38. The number of aliphatic hydroxyl groups is 1. The van der Waals surface area contributed by atoms with Crippen molar-refractivity contribution in [1.82, 2.24) is 19.9 Å². The Morgan fingerprint density at radius 2 is 2.23 bits per heavy atom. The third-order valence-electron chi connectivity index (χ3n) is 5.52. The number of aromatic amines is 1. The van der Waals surface area contributed by atoms with Gasteiger partial charge in [0.2, 0.25) is 5.91 Å². The number of hydrogen-bond acceptors (Lipinski definition) is 7. The Kier molecular flexibility index (Phi) is 5.69. The minimum atomic E-state index is -0.963. The van der Waals surface area contributed by atoms with Crippen molar-refractivity contribution in [1.29, 1.82) is 5.26 Å². The quantitative estimate of drug-likeness (QED) is 0.561. The van der Waals surface area contributed by atoms with Crippen molar-refractivity contribution in [2.75, 3.05) is 18.4 Å². The highest BCUT2D eigenvalue weighted by Gasteiger charge is 2.29. The fraction of sp³-hybridized carbons (Fsp3) is 0.455. The number of anilines is 1. The molecule has 0 aromatic carbocycles. The van der Waals surface area contributed by atoms with Gasteiger partial charge in [-0.25, -0.2) is 9.97 Å². The number of amides is 1. The molecule has 1 aliphatic heterocycles. The summed E-state index contributed by atoms with van der Waals surface area (Å²) in [5.74, 6) is 0.194. The average molecular weight is 439 g/mol. The average Bonchev–Trinajstić information content (AvgIpc) is 3.37. The van der Waals surface area contributed by atoms with E-state index in [9.17, 15) is 9.90 Å².